The van der Waals surface area contributed by atoms with Gasteiger partial charge in [0.2, 0.25) is 0 Å². The molecule has 0 radical (unpaired) electrons. The number of benzene rings is 1. The Bertz CT molecular complexity index is 362. The van der Waals surface area contributed by atoms with Gasteiger partial charge in [-0.3, -0.25) is 0 Å². The maximum atomic E-state index is 5.54. The second kappa shape index (κ2) is 4.68. The summed E-state index contributed by atoms with van der Waals surface area (Å²) in [6.07, 6.45) is 1.00. The first-order valence-corrected chi connectivity index (χ1v) is 6.04. The minimum Gasteiger partial charge on any atom is -0.405 e. The Morgan fingerprint density at radius 3 is 2.60 bits per heavy atom. The molecule has 1 fully saturated rings. The normalized spacial score (nSPS) is 16.1. The largest absolute Gasteiger partial charge is 0.494 e. The fraction of sp³-hybridized carbons (Fsp3) is 0.455. The Morgan fingerprint density at radius 2 is 2.00 bits per heavy atom. The topological polar surface area (TPSA) is 18.5 Å². The Morgan fingerprint density at radius 1 is 1.33 bits per heavy atom. The molecule has 0 bridgehead atoms. The van der Waals surface area contributed by atoms with E-state index in [-0.39, 0.29) is 7.12 Å². The predicted molar refractivity (Wildman–Crippen MR) is 65.5 cm³/mol. The van der Waals surface area contributed by atoms with Gasteiger partial charge in [0.1, 0.15) is 0 Å². The molecule has 0 aliphatic carbocycles. The molecule has 2 nitrogen and oxygen atoms in total. The molecular formula is C11H14BBrO2. The molecule has 4 heteroatoms. The smallest absolute Gasteiger partial charge is 0.405 e. The van der Waals surface area contributed by atoms with Crippen molar-refractivity contribution in [3.05, 3.63) is 27.7 Å². The zero-order valence-corrected chi connectivity index (χ0v) is 10.6. The summed E-state index contributed by atoms with van der Waals surface area (Å²) >= 11 is 3.55. The van der Waals surface area contributed by atoms with Crippen LogP contribution in [0, 0.1) is 6.92 Å². The lowest BCUT2D eigenvalue weighted by molar-refractivity contribution is 0.365. The van der Waals surface area contributed by atoms with Crippen molar-refractivity contribution in [2.75, 3.05) is 13.2 Å². The minimum atomic E-state index is -0.160. The molecule has 1 aliphatic heterocycles. The molecule has 2 rings (SSSR count). The van der Waals surface area contributed by atoms with Crippen LogP contribution in [0.1, 0.15) is 18.1 Å². The zero-order chi connectivity index (χ0) is 10.8. The highest BCUT2D eigenvalue weighted by Gasteiger charge is 2.28. The molecule has 0 unspecified atom stereocenters. The van der Waals surface area contributed by atoms with Gasteiger partial charge in [-0.1, -0.05) is 28.9 Å². The monoisotopic (exact) mass is 268 g/mol. The lowest BCUT2D eigenvalue weighted by atomic mass is 9.74. The molecule has 0 spiro atoms. The van der Waals surface area contributed by atoms with Crippen LogP contribution in [0.2, 0.25) is 0 Å². The predicted octanol–water partition coefficient (Wildman–Crippen LogP) is 2.06. The number of hydrogen-bond acceptors (Lipinski definition) is 2. The van der Waals surface area contributed by atoms with Gasteiger partial charge in [-0.15, -0.1) is 0 Å². The molecule has 80 valence electrons. The number of hydrogen-bond donors (Lipinski definition) is 0. The van der Waals surface area contributed by atoms with Crippen LogP contribution < -0.4 is 5.46 Å². The maximum absolute atomic E-state index is 5.54. The van der Waals surface area contributed by atoms with E-state index in [0.29, 0.717) is 13.2 Å². The highest BCUT2D eigenvalue weighted by Crippen LogP contribution is 2.20. The van der Waals surface area contributed by atoms with E-state index in [1.807, 2.05) is 0 Å². The Balaban J connectivity index is 2.41. The van der Waals surface area contributed by atoms with E-state index < -0.39 is 0 Å². The van der Waals surface area contributed by atoms with Crippen LogP contribution in [0.15, 0.2) is 16.6 Å². The van der Waals surface area contributed by atoms with Crippen molar-refractivity contribution in [3.63, 3.8) is 0 Å². The van der Waals surface area contributed by atoms with Crippen LogP contribution in [0.25, 0.3) is 0 Å². The van der Waals surface area contributed by atoms with Gasteiger partial charge in [-0.05, 0) is 36.0 Å². The zero-order valence-electron chi connectivity index (χ0n) is 9.05. The summed E-state index contributed by atoms with van der Waals surface area (Å²) < 4.78 is 12.2. The highest BCUT2D eigenvalue weighted by atomic mass is 79.9. The van der Waals surface area contributed by atoms with E-state index in [4.69, 9.17) is 9.31 Å². The molecule has 1 aromatic rings. The third-order valence-corrected chi connectivity index (χ3v) is 3.66. The summed E-state index contributed by atoms with van der Waals surface area (Å²) in [6.45, 7) is 5.68. The van der Waals surface area contributed by atoms with Crippen molar-refractivity contribution in [1.82, 2.24) is 0 Å². The Hall–Kier alpha value is -0.315. The maximum Gasteiger partial charge on any atom is 0.494 e. The summed E-state index contributed by atoms with van der Waals surface area (Å²) in [5.41, 5.74) is 3.79. The van der Waals surface area contributed by atoms with Gasteiger partial charge in [-0.2, -0.15) is 0 Å². The van der Waals surface area contributed by atoms with Crippen LogP contribution in [0.3, 0.4) is 0 Å². The van der Waals surface area contributed by atoms with E-state index in [1.165, 1.54) is 16.6 Å². The third-order valence-electron chi connectivity index (χ3n) is 2.80. The average molecular weight is 269 g/mol. The first-order chi connectivity index (χ1) is 7.24. The van der Waals surface area contributed by atoms with Crippen LogP contribution in [-0.2, 0) is 15.7 Å². The minimum absolute atomic E-state index is 0.160. The second-order valence-corrected chi connectivity index (χ2v) is 4.52. The first-order valence-electron chi connectivity index (χ1n) is 5.25. The van der Waals surface area contributed by atoms with E-state index in [2.05, 4.69) is 41.9 Å². The molecule has 0 aromatic heterocycles. The van der Waals surface area contributed by atoms with E-state index in [9.17, 15) is 0 Å². The molecular weight excluding hydrogens is 255 g/mol. The van der Waals surface area contributed by atoms with Crippen molar-refractivity contribution in [1.29, 1.82) is 0 Å². The van der Waals surface area contributed by atoms with Gasteiger partial charge in [-0.25, -0.2) is 0 Å². The first kappa shape index (κ1) is 11.2. The molecule has 0 saturated carbocycles. The molecule has 1 heterocycles. The van der Waals surface area contributed by atoms with Gasteiger partial charge >= 0.3 is 7.12 Å². The molecule has 1 saturated heterocycles. The van der Waals surface area contributed by atoms with Crippen molar-refractivity contribution < 1.29 is 9.31 Å². The van der Waals surface area contributed by atoms with Crippen LogP contribution >= 0.6 is 15.9 Å². The fourth-order valence-corrected chi connectivity index (χ4v) is 2.35. The van der Waals surface area contributed by atoms with Crippen LogP contribution in [0.5, 0.6) is 0 Å². The molecule has 0 N–H and O–H groups in total. The van der Waals surface area contributed by atoms with Gasteiger partial charge in [0.25, 0.3) is 0 Å². The lowest BCUT2D eigenvalue weighted by Gasteiger charge is -2.13. The number of rotatable bonds is 2. The standard InChI is InChI=1S/C11H14BBrO2/c1-3-9-8(2)11(13)5-4-10(9)12-14-6-7-15-12/h4-5H,3,6-7H2,1-2H3. The van der Waals surface area contributed by atoms with Gasteiger partial charge < -0.3 is 9.31 Å². The summed E-state index contributed by atoms with van der Waals surface area (Å²) in [4.78, 5) is 0. The highest BCUT2D eigenvalue weighted by molar-refractivity contribution is 9.10. The van der Waals surface area contributed by atoms with E-state index in [1.54, 1.807) is 0 Å². The quantitative estimate of drug-likeness (QED) is 0.765. The average Bonchev–Trinajstić information content (AvgIpc) is 2.75. The van der Waals surface area contributed by atoms with Gasteiger partial charge in [0, 0.05) is 4.47 Å². The SMILES string of the molecule is CCc1c(B2OCCO2)ccc(Br)c1C. The Labute approximate surface area is 99.2 Å². The van der Waals surface area contributed by atoms with Gasteiger partial charge in [0.15, 0.2) is 0 Å². The van der Waals surface area contributed by atoms with E-state index in [0.717, 1.165) is 10.9 Å². The molecule has 1 aliphatic rings. The van der Waals surface area contributed by atoms with Crippen molar-refractivity contribution >= 4 is 28.5 Å². The summed E-state index contributed by atoms with van der Waals surface area (Å²) in [6, 6.07) is 4.15. The van der Waals surface area contributed by atoms with Crippen molar-refractivity contribution in [2.24, 2.45) is 0 Å². The third kappa shape index (κ3) is 2.12. The molecule has 15 heavy (non-hydrogen) atoms. The van der Waals surface area contributed by atoms with Crippen LogP contribution in [-0.4, -0.2) is 20.3 Å². The Kier molecular flexibility index (Phi) is 3.49. The lowest BCUT2D eigenvalue weighted by Crippen LogP contribution is -2.35. The summed E-state index contributed by atoms with van der Waals surface area (Å²) in [7, 11) is -0.160. The van der Waals surface area contributed by atoms with E-state index >= 15 is 0 Å². The molecule has 0 atom stereocenters. The van der Waals surface area contributed by atoms with Crippen molar-refractivity contribution in [2.45, 2.75) is 20.3 Å². The molecule has 1 aromatic carbocycles. The fourth-order valence-electron chi connectivity index (χ4n) is 1.98. The molecule has 0 amide bonds. The summed E-state index contributed by atoms with van der Waals surface area (Å²) in [5, 5.41) is 0. The summed E-state index contributed by atoms with van der Waals surface area (Å²) in [5.74, 6) is 0. The number of halogens is 1. The van der Waals surface area contributed by atoms with Crippen LogP contribution in [0.4, 0.5) is 0 Å². The van der Waals surface area contributed by atoms with Gasteiger partial charge in [0.05, 0.1) is 13.2 Å². The van der Waals surface area contributed by atoms with Crippen molar-refractivity contribution in [3.8, 4) is 0 Å². The second-order valence-electron chi connectivity index (χ2n) is 3.67.